The van der Waals surface area contributed by atoms with Gasteiger partial charge in [0.1, 0.15) is 19.0 Å². The van der Waals surface area contributed by atoms with Gasteiger partial charge in [-0.25, -0.2) is 4.79 Å². The first-order valence-corrected chi connectivity index (χ1v) is 17.7. The number of carbonyl (C=O) groups is 5. The molecule has 0 heterocycles. The predicted molar refractivity (Wildman–Crippen MR) is 191 cm³/mol. The highest BCUT2D eigenvalue weighted by Crippen LogP contribution is 2.26. The van der Waals surface area contributed by atoms with Gasteiger partial charge in [-0.15, -0.1) is 0 Å². The van der Waals surface area contributed by atoms with Crippen LogP contribution >= 0.6 is 0 Å². The lowest BCUT2D eigenvalue weighted by Gasteiger charge is -2.18. The van der Waals surface area contributed by atoms with Gasteiger partial charge in [-0.1, -0.05) is 54.5 Å². The fourth-order valence-corrected chi connectivity index (χ4v) is 2.58. The number of esters is 1. The van der Waals surface area contributed by atoms with Crippen LogP contribution in [0.15, 0.2) is 18.2 Å². The van der Waals surface area contributed by atoms with Crippen molar-refractivity contribution in [3.8, 4) is 5.75 Å². The molecule has 0 aliphatic rings. The molecule has 0 spiro atoms. The number of anilines is 1. The van der Waals surface area contributed by atoms with Gasteiger partial charge in [-0.2, -0.15) is 8.42 Å². The molecule has 1 aromatic rings. The SMILES string of the molecule is CC.CC(=O)OCc1ccc(NC(=O)CNC=O)c(OCCN)c1.CC(C)NCC(=O)NC(C)C(C)C.CCCNC(N)=O.CS(=O)(=O)O. The third-order valence-electron chi connectivity index (χ3n) is 5.09. The molecule has 0 fully saturated rings. The van der Waals surface area contributed by atoms with Crippen molar-refractivity contribution in [3.63, 3.8) is 0 Å². The number of primary amides is 1. The molecule has 0 aromatic heterocycles. The van der Waals surface area contributed by atoms with E-state index in [4.69, 9.17) is 25.5 Å². The summed E-state index contributed by atoms with van der Waals surface area (Å²) in [6, 6.07) is 5.15. The molecular weight excluding hydrogens is 662 g/mol. The van der Waals surface area contributed by atoms with E-state index in [9.17, 15) is 32.4 Å². The van der Waals surface area contributed by atoms with E-state index in [1.54, 1.807) is 18.2 Å². The van der Waals surface area contributed by atoms with Crippen LogP contribution in [0.4, 0.5) is 10.5 Å². The number of nitrogens with one attached hydrogen (secondary N) is 5. The maximum Gasteiger partial charge on any atom is 0.312 e. The molecule has 10 N–H and O–H groups in total. The van der Waals surface area contributed by atoms with Gasteiger partial charge < -0.3 is 47.5 Å². The van der Waals surface area contributed by atoms with Crippen LogP contribution in [0.1, 0.15) is 74.3 Å². The van der Waals surface area contributed by atoms with E-state index in [-0.39, 0.29) is 37.7 Å². The Bertz CT molecular complexity index is 1160. The molecule has 0 saturated carbocycles. The molecule has 0 aliphatic heterocycles. The van der Waals surface area contributed by atoms with Gasteiger partial charge in [-0.3, -0.25) is 23.7 Å². The van der Waals surface area contributed by atoms with E-state index in [0.717, 1.165) is 6.42 Å². The molecule has 1 atom stereocenters. The molecule has 49 heavy (non-hydrogen) atoms. The lowest BCUT2D eigenvalue weighted by Crippen LogP contribution is -2.42. The third-order valence-corrected chi connectivity index (χ3v) is 5.09. The topological polar surface area (TPSA) is 270 Å². The zero-order valence-electron chi connectivity index (χ0n) is 30.7. The summed E-state index contributed by atoms with van der Waals surface area (Å²) in [4.78, 5) is 53.8. The van der Waals surface area contributed by atoms with Crippen LogP contribution < -0.4 is 42.8 Å². The largest absolute Gasteiger partial charge is 0.490 e. The maximum absolute atomic E-state index is 11.6. The van der Waals surface area contributed by atoms with Crippen molar-refractivity contribution >= 4 is 46.0 Å². The summed E-state index contributed by atoms with van der Waals surface area (Å²) in [6.07, 6.45) is 2.09. The minimum Gasteiger partial charge on any atom is -0.490 e. The molecule has 0 bridgehead atoms. The van der Waals surface area contributed by atoms with Crippen molar-refractivity contribution < 1.29 is 46.4 Å². The standard InChI is InChI=1S/C14H19N3O5.C10H22N2O.C4H10N2O.C2H6.CH4O3S/c1-10(19)22-8-11-2-3-12(13(6-11)21-5-4-15)17-14(20)7-16-9-18;1-7(2)9(5)12-10(13)6-11-8(3)4;1-2-3-6-4(5)7;1-2;1-5(2,3)4/h2-3,6,9H,4-5,7-8,15H2,1H3,(H,16,18)(H,17,20);7-9,11H,6H2,1-5H3,(H,12,13);2-3H2,1H3,(H3,5,6,7);1-2H3;1H3,(H,2,3,4). The first-order chi connectivity index (χ1) is 22.8. The van der Waals surface area contributed by atoms with E-state index < -0.39 is 22.1 Å². The zero-order valence-corrected chi connectivity index (χ0v) is 31.5. The van der Waals surface area contributed by atoms with E-state index in [1.165, 1.54) is 6.92 Å². The molecule has 1 rings (SSSR count). The first kappa shape index (κ1) is 51.8. The molecule has 1 aromatic carbocycles. The van der Waals surface area contributed by atoms with Gasteiger partial charge in [0.25, 0.3) is 10.1 Å². The molecule has 0 radical (unpaired) electrons. The fraction of sp³-hybridized carbons (Fsp3) is 0.645. The molecule has 5 amide bonds. The van der Waals surface area contributed by atoms with Crippen molar-refractivity contribution in [1.29, 1.82) is 0 Å². The van der Waals surface area contributed by atoms with Crippen LogP contribution in [0.5, 0.6) is 5.75 Å². The Kier molecular flexibility index (Phi) is 34.4. The zero-order chi connectivity index (χ0) is 39.0. The lowest BCUT2D eigenvalue weighted by atomic mass is 10.1. The Morgan fingerprint density at radius 1 is 1.02 bits per heavy atom. The van der Waals surface area contributed by atoms with Crippen LogP contribution in [0.2, 0.25) is 0 Å². The van der Waals surface area contributed by atoms with Crippen LogP contribution in [-0.2, 0) is 40.6 Å². The quantitative estimate of drug-likeness (QED) is 0.0685. The first-order valence-electron chi connectivity index (χ1n) is 15.8. The minimum atomic E-state index is -3.67. The number of benzene rings is 1. The van der Waals surface area contributed by atoms with Crippen molar-refractivity contribution in [1.82, 2.24) is 21.3 Å². The number of hydrogen-bond acceptors (Lipinski definition) is 11. The van der Waals surface area contributed by atoms with Gasteiger partial charge in [0.15, 0.2) is 0 Å². The summed E-state index contributed by atoms with van der Waals surface area (Å²) in [5.41, 5.74) is 11.3. The van der Waals surface area contributed by atoms with Gasteiger partial charge in [-0.05, 0) is 37.0 Å². The molecule has 0 aliphatic carbocycles. The second-order valence-electron chi connectivity index (χ2n) is 10.5. The van der Waals surface area contributed by atoms with Crippen LogP contribution in [0.3, 0.4) is 0 Å². The fourth-order valence-electron chi connectivity index (χ4n) is 2.58. The molecule has 1 unspecified atom stereocenters. The van der Waals surface area contributed by atoms with Gasteiger partial charge >= 0.3 is 12.0 Å². The van der Waals surface area contributed by atoms with E-state index in [0.29, 0.717) is 61.3 Å². The summed E-state index contributed by atoms with van der Waals surface area (Å²) in [7, 11) is -3.67. The highest BCUT2D eigenvalue weighted by atomic mass is 32.2. The summed E-state index contributed by atoms with van der Waals surface area (Å²) in [5.74, 6) is 0.201. The Labute approximate surface area is 292 Å². The Morgan fingerprint density at radius 2 is 1.59 bits per heavy atom. The number of carbonyl (C=O) groups excluding carboxylic acids is 5. The van der Waals surface area contributed by atoms with Crippen LogP contribution in [0.25, 0.3) is 0 Å². The number of rotatable bonds is 16. The van der Waals surface area contributed by atoms with E-state index >= 15 is 0 Å². The number of nitrogens with two attached hydrogens (primary N) is 2. The molecule has 18 heteroatoms. The highest BCUT2D eigenvalue weighted by Gasteiger charge is 2.11. The second kappa shape index (κ2) is 32.5. The highest BCUT2D eigenvalue weighted by molar-refractivity contribution is 7.85. The smallest absolute Gasteiger partial charge is 0.312 e. The Morgan fingerprint density at radius 3 is 2.00 bits per heavy atom. The number of urea groups is 1. The lowest BCUT2D eigenvalue weighted by molar-refractivity contribution is -0.142. The minimum absolute atomic E-state index is 0.0786. The van der Waals surface area contributed by atoms with Gasteiger partial charge in [0.2, 0.25) is 18.2 Å². The average molecular weight is 724 g/mol. The summed E-state index contributed by atoms with van der Waals surface area (Å²) in [5, 5.41) is 13.3. The van der Waals surface area contributed by atoms with Crippen LogP contribution in [-0.4, -0.2) is 94.3 Å². The maximum atomic E-state index is 11.6. The number of ether oxygens (including phenoxy) is 2. The second-order valence-corrected chi connectivity index (χ2v) is 11.9. The van der Waals surface area contributed by atoms with Gasteiger partial charge in [0, 0.05) is 32.1 Å². The number of amides is 5. The molecule has 286 valence electrons. The van der Waals surface area contributed by atoms with Crippen molar-refractivity contribution in [2.24, 2.45) is 17.4 Å². The molecular formula is C31H61N7O10S. The van der Waals surface area contributed by atoms with Gasteiger partial charge in [0.05, 0.1) is 25.0 Å². The third kappa shape index (κ3) is 42.0. The summed E-state index contributed by atoms with van der Waals surface area (Å²) >= 11 is 0. The van der Waals surface area contributed by atoms with Crippen LogP contribution in [0, 0.1) is 5.92 Å². The average Bonchev–Trinajstić information content (AvgIpc) is 3.01. The Balaban J connectivity index is -0.000000316. The van der Waals surface area contributed by atoms with Crippen molar-refractivity contribution in [3.05, 3.63) is 23.8 Å². The van der Waals surface area contributed by atoms with E-state index in [1.807, 2.05) is 41.5 Å². The molecule has 17 nitrogen and oxygen atoms in total. The summed E-state index contributed by atoms with van der Waals surface area (Å²) < 4.78 is 36.2. The molecule has 0 saturated heterocycles. The van der Waals surface area contributed by atoms with E-state index in [2.05, 4.69) is 40.4 Å². The normalized spacial score (nSPS) is 10.4. The van der Waals surface area contributed by atoms with Crippen molar-refractivity contribution in [2.75, 3.05) is 44.4 Å². The number of hydrogen-bond donors (Lipinski definition) is 8. The predicted octanol–water partition coefficient (Wildman–Crippen LogP) is 1.51. The Hall–Kier alpha value is -4.00. The summed E-state index contributed by atoms with van der Waals surface area (Å²) in [6.45, 7) is 19.2. The monoisotopic (exact) mass is 723 g/mol. The van der Waals surface area contributed by atoms with Crippen molar-refractivity contribution in [2.45, 2.75) is 87.4 Å².